The highest BCUT2D eigenvalue weighted by Gasteiger charge is 2.39. The SMILES string of the molecule is Cn1cnc(S(=O)(=O)N2CC(Oc3ccc(-c4nc(-c5ccccc5)no4)cc3)C2)c1. The Bertz CT molecular complexity index is 1290. The maximum Gasteiger partial charge on any atom is 0.262 e. The Hall–Kier alpha value is -3.50. The van der Waals surface area contributed by atoms with Crippen LogP contribution in [0.1, 0.15) is 0 Å². The largest absolute Gasteiger partial charge is 0.488 e. The molecule has 5 rings (SSSR count). The third-order valence-corrected chi connectivity index (χ3v) is 6.68. The molecule has 1 aliphatic rings. The Morgan fingerprint density at radius 1 is 1.03 bits per heavy atom. The quantitative estimate of drug-likeness (QED) is 0.457. The molecular weight excluding hydrogens is 418 g/mol. The van der Waals surface area contributed by atoms with Gasteiger partial charge in [-0.2, -0.15) is 9.29 Å². The van der Waals surface area contributed by atoms with Gasteiger partial charge >= 0.3 is 0 Å². The molecule has 1 aliphatic heterocycles. The first-order valence-corrected chi connectivity index (χ1v) is 11.1. The van der Waals surface area contributed by atoms with Crippen molar-refractivity contribution in [3.05, 3.63) is 67.1 Å². The molecule has 2 aromatic carbocycles. The normalized spacial score (nSPS) is 15.0. The number of aryl methyl sites for hydroxylation is 1. The molecule has 1 fully saturated rings. The minimum Gasteiger partial charge on any atom is -0.488 e. The Morgan fingerprint density at radius 2 is 1.77 bits per heavy atom. The van der Waals surface area contributed by atoms with Crippen LogP contribution in [0.4, 0.5) is 0 Å². The number of hydrogen-bond acceptors (Lipinski definition) is 7. The van der Waals surface area contributed by atoms with Gasteiger partial charge in [0, 0.05) is 24.4 Å². The Kier molecular flexibility index (Phi) is 4.79. The summed E-state index contributed by atoms with van der Waals surface area (Å²) in [7, 11) is -1.85. The lowest BCUT2D eigenvalue weighted by Crippen LogP contribution is -2.56. The summed E-state index contributed by atoms with van der Waals surface area (Å²) < 4.78 is 39.2. The van der Waals surface area contributed by atoms with Crippen LogP contribution in [-0.4, -0.2) is 51.6 Å². The topological polar surface area (TPSA) is 103 Å². The predicted molar refractivity (Wildman–Crippen MR) is 112 cm³/mol. The predicted octanol–water partition coefficient (Wildman–Crippen LogP) is 2.59. The number of nitrogens with zero attached hydrogens (tertiary/aromatic N) is 5. The maximum atomic E-state index is 12.5. The number of sulfonamides is 1. The van der Waals surface area contributed by atoms with E-state index in [0.29, 0.717) is 17.5 Å². The molecule has 0 radical (unpaired) electrons. The lowest BCUT2D eigenvalue weighted by Gasteiger charge is -2.37. The van der Waals surface area contributed by atoms with Crippen molar-refractivity contribution in [1.29, 1.82) is 0 Å². The van der Waals surface area contributed by atoms with Gasteiger partial charge in [-0.05, 0) is 24.3 Å². The number of rotatable bonds is 6. The molecular formula is C21H19N5O4S. The number of ether oxygens (including phenoxy) is 1. The van der Waals surface area contributed by atoms with Crippen LogP contribution in [0.5, 0.6) is 5.75 Å². The van der Waals surface area contributed by atoms with E-state index in [2.05, 4.69) is 15.1 Å². The van der Waals surface area contributed by atoms with Gasteiger partial charge in [0.2, 0.25) is 5.82 Å². The zero-order valence-corrected chi connectivity index (χ0v) is 17.4. The first-order chi connectivity index (χ1) is 15.0. The van der Waals surface area contributed by atoms with Crippen LogP contribution in [-0.2, 0) is 17.1 Å². The molecule has 1 saturated heterocycles. The molecule has 0 bridgehead atoms. The zero-order chi connectivity index (χ0) is 21.4. The zero-order valence-electron chi connectivity index (χ0n) is 16.6. The Labute approximate surface area is 179 Å². The lowest BCUT2D eigenvalue weighted by atomic mass is 10.2. The first-order valence-electron chi connectivity index (χ1n) is 9.63. The van der Waals surface area contributed by atoms with Gasteiger partial charge < -0.3 is 13.8 Å². The van der Waals surface area contributed by atoms with Gasteiger partial charge in [0.15, 0.2) is 5.03 Å². The fourth-order valence-electron chi connectivity index (χ4n) is 3.24. The van der Waals surface area contributed by atoms with E-state index in [1.54, 1.807) is 23.7 Å². The molecule has 10 heteroatoms. The second-order valence-electron chi connectivity index (χ2n) is 7.25. The van der Waals surface area contributed by atoms with Crippen molar-refractivity contribution in [3.8, 4) is 28.6 Å². The molecule has 158 valence electrons. The van der Waals surface area contributed by atoms with Gasteiger partial charge in [-0.1, -0.05) is 35.5 Å². The second-order valence-corrected chi connectivity index (χ2v) is 9.14. The summed E-state index contributed by atoms with van der Waals surface area (Å²) in [5.41, 5.74) is 1.66. The van der Waals surface area contributed by atoms with E-state index in [1.165, 1.54) is 16.8 Å². The number of hydrogen-bond donors (Lipinski definition) is 0. The highest BCUT2D eigenvalue weighted by atomic mass is 32.2. The van der Waals surface area contributed by atoms with Gasteiger partial charge in [0.05, 0.1) is 19.4 Å². The molecule has 0 atom stereocenters. The van der Waals surface area contributed by atoms with Crippen LogP contribution in [0.2, 0.25) is 0 Å². The summed E-state index contributed by atoms with van der Waals surface area (Å²) in [6.45, 7) is 0.565. The van der Waals surface area contributed by atoms with E-state index < -0.39 is 10.0 Å². The summed E-state index contributed by atoms with van der Waals surface area (Å²) in [4.78, 5) is 8.37. The Morgan fingerprint density at radius 3 is 2.45 bits per heavy atom. The molecule has 2 aromatic heterocycles. The van der Waals surface area contributed by atoms with Crippen LogP contribution >= 0.6 is 0 Å². The van der Waals surface area contributed by atoms with Crippen molar-refractivity contribution < 1.29 is 17.7 Å². The summed E-state index contributed by atoms with van der Waals surface area (Å²) >= 11 is 0. The molecule has 31 heavy (non-hydrogen) atoms. The first kappa shape index (κ1) is 19.5. The van der Waals surface area contributed by atoms with Crippen molar-refractivity contribution in [2.24, 2.45) is 7.05 Å². The van der Waals surface area contributed by atoms with Crippen molar-refractivity contribution in [2.45, 2.75) is 11.1 Å². The highest BCUT2D eigenvalue weighted by molar-refractivity contribution is 7.89. The molecule has 4 aromatic rings. The lowest BCUT2D eigenvalue weighted by molar-refractivity contribution is 0.0760. The second kappa shape index (κ2) is 7.64. The van der Waals surface area contributed by atoms with Crippen molar-refractivity contribution in [3.63, 3.8) is 0 Å². The monoisotopic (exact) mass is 437 g/mol. The van der Waals surface area contributed by atoms with Gasteiger partial charge in [-0.25, -0.2) is 13.4 Å². The average molecular weight is 437 g/mol. The number of benzene rings is 2. The van der Waals surface area contributed by atoms with Gasteiger partial charge in [-0.3, -0.25) is 0 Å². The van der Waals surface area contributed by atoms with Crippen LogP contribution < -0.4 is 4.74 Å². The van der Waals surface area contributed by atoms with Crippen molar-refractivity contribution in [1.82, 2.24) is 24.0 Å². The minimum atomic E-state index is -3.58. The summed E-state index contributed by atoms with van der Waals surface area (Å²) in [5.74, 6) is 1.59. The standard InChI is InChI=1S/C21H19N5O4S/c1-25-13-19(22-14-25)31(27,28)26-11-18(12-26)29-17-9-7-16(8-10-17)21-23-20(24-30-21)15-5-3-2-4-6-15/h2-10,13-14,18H,11-12H2,1H3. The smallest absolute Gasteiger partial charge is 0.262 e. The fourth-order valence-corrected chi connectivity index (χ4v) is 4.71. The van der Waals surface area contributed by atoms with E-state index in [1.807, 2.05) is 42.5 Å². The molecule has 3 heterocycles. The molecule has 9 nitrogen and oxygen atoms in total. The molecule has 0 saturated carbocycles. The van der Waals surface area contributed by atoms with E-state index in [9.17, 15) is 8.42 Å². The van der Waals surface area contributed by atoms with E-state index in [-0.39, 0.29) is 24.2 Å². The molecule has 0 N–H and O–H groups in total. The van der Waals surface area contributed by atoms with E-state index in [0.717, 1.165) is 11.1 Å². The molecule has 0 aliphatic carbocycles. The van der Waals surface area contributed by atoms with E-state index >= 15 is 0 Å². The average Bonchev–Trinajstić information content (AvgIpc) is 3.41. The fraction of sp³-hybridized carbons (Fsp3) is 0.190. The van der Waals surface area contributed by atoms with E-state index in [4.69, 9.17) is 9.26 Å². The molecule has 0 spiro atoms. The summed E-state index contributed by atoms with van der Waals surface area (Å²) in [6.07, 6.45) is 2.75. The highest BCUT2D eigenvalue weighted by Crippen LogP contribution is 2.27. The third kappa shape index (κ3) is 3.82. The van der Waals surface area contributed by atoms with Crippen molar-refractivity contribution in [2.75, 3.05) is 13.1 Å². The van der Waals surface area contributed by atoms with Crippen LogP contribution in [0, 0.1) is 0 Å². The van der Waals surface area contributed by atoms with Crippen molar-refractivity contribution >= 4 is 10.0 Å². The maximum absolute atomic E-state index is 12.5. The summed E-state index contributed by atoms with van der Waals surface area (Å²) in [5, 5.41) is 4.08. The third-order valence-electron chi connectivity index (χ3n) is 4.96. The minimum absolute atomic E-state index is 0.0484. The number of imidazole rings is 1. The summed E-state index contributed by atoms with van der Waals surface area (Å²) in [6, 6.07) is 16.9. The van der Waals surface area contributed by atoms with Gasteiger partial charge in [0.1, 0.15) is 11.9 Å². The number of aromatic nitrogens is 4. The molecule has 0 unspecified atom stereocenters. The Balaban J connectivity index is 1.21. The van der Waals surface area contributed by atoms with Crippen LogP contribution in [0.15, 0.2) is 76.7 Å². The van der Waals surface area contributed by atoms with Crippen LogP contribution in [0.25, 0.3) is 22.8 Å². The molecule has 0 amide bonds. The van der Waals surface area contributed by atoms with Gasteiger partial charge in [-0.15, -0.1) is 0 Å². The van der Waals surface area contributed by atoms with Crippen LogP contribution in [0.3, 0.4) is 0 Å². The van der Waals surface area contributed by atoms with Gasteiger partial charge in [0.25, 0.3) is 15.9 Å².